The van der Waals surface area contributed by atoms with Crippen molar-refractivity contribution >= 4 is 31.5 Å². The van der Waals surface area contributed by atoms with E-state index in [1.807, 2.05) is 0 Å². The Morgan fingerprint density at radius 3 is 2.61 bits per heavy atom. The lowest BCUT2D eigenvalue weighted by Crippen LogP contribution is -2.50. The van der Waals surface area contributed by atoms with Crippen LogP contribution in [0, 0.1) is 6.92 Å². The summed E-state index contributed by atoms with van der Waals surface area (Å²) in [7, 11) is -7.14. The van der Waals surface area contributed by atoms with E-state index in [-0.39, 0.29) is 29.4 Å². The Kier molecular flexibility index (Phi) is 4.97. The second-order valence-electron chi connectivity index (χ2n) is 6.07. The molecule has 0 saturated carbocycles. The quantitative estimate of drug-likeness (QED) is 0.738. The van der Waals surface area contributed by atoms with Gasteiger partial charge in [0, 0.05) is 17.1 Å². The van der Waals surface area contributed by atoms with Crippen molar-refractivity contribution in [1.29, 1.82) is 0 Å². The maximum atomic E-state index is 13.1. The highest BCUT2D eigenvalue weighted by Crippen LogP contribution is 2.35. The van der Waals surface area contributed by atoms with Crippen molar-refractivity contribution < 1.29 is 16.8 Å². The van der Waals surface area contributed by atoms with Gasteiger partial charge in [-0.15, -0.1) is 6.58 Å². The van der Waals surface area contributed by atoms with Crippen molar-refractivity contribution in [3.8, 4) is 0 Å². The number of rotatable bonds is 5. The predicted molar refractivity (Wildman–Crippen MR) is 92.0 cm³/mol. The van der Waals surface area contributed by atoms with Crippen molar-refractivity contribution in [2.45, 2.75) is 30.7 Å². The van der Waals surface area contributed by atoms with Gasteiger partial charge in [-0.2, -0.15) is 4.31 Å². The van der Waals surface area contributed by atoms with Crippen LogP contribution < -0.4 is 0 Å². The van der Waals surface area contributed by atoms with Crippen molar-refractivity contribution in [1.82, 2.24) is 4.31 Å². The third kappa shape index (κ3) is 3.63. The lowest BCUT2D eigenvalue weighted by atomic mass is 10.0. The zero-order chi connectivity index (χ0) is 17.5. The number of benzene rings is 1. The normalized spacial score (nSPS) is 24.0. The lowest BCUT2D eigenvalue weighted by molar-refractivity contribution is 0.252. The minimum absolute atomic E-state index is 0.0127. The van der Waals surface area contributed by atoms with Crippen LogP contribution in [0.25, 0.3) is 0 Å². The summed E-state index contributed by atoms with van der Waals surface area (Å²) in [4.78, 5) is 0.0948. The molecule has 0 unspecified atom stereocenters. The molecule has 23 heavy (non-hydrogen) atoms. The zero-order valence-corrected chi connectivity index (χ0v) is 15.5. The molecule has 128 valence electrons. The van der Waals surface area contributed by atoms with E-state index in [4.69, 9.17) is 11.6 Å². The number of sulfone groups is 1. The molecule has 1 fully saturated rings. The third-order valence-electron chi connectivity index (χ3n) is 4.10. The molecule has 0 amide bonds. The van der Waals surface area contributed by atoms with Crippen LogP contribution in [0.1, 0.15) is 18.9 Å². The Morgan fingerprint density at radius 1 is 1.43 bits per heavy atom. The second-order valence-corrected chi connectivity index (χ2v) is 10.5. The van der Waals surface area contributed by atoms with Crippen LogP contribution in [-0.4, -0.2) is 44.7 Å². The number of hydrogen-bond acceptors (Lipinski definition) is 4. The zero-order valence-electron chi connectivity index (χ0n) is 13.1. The summed E-state index contributed by atoms with van der Waals surface area (Å²) < 4.78 is 51.2. The fraction of sp³-hybridized carbons (Fsp3) is 0.467. The Bertz CT molecular complexity index is 833. The summed E-state index contributed by atoms with van der Waals surface area (Å²) in [6.07, 6.45) is 1.73. The first-order chi connectivity index (χ1) is 10.5. The number of hydrogen-bond donors (Lipinski definition) is 0. The van der Waals surface area contributed by atoms with Gasteiger partial charge < -0.3 is 0 Å². The monoisotopic (exact) mass is 377 g/mol. The van der Waals surface area contributed by atoms with E-state index in [1.165, 1.54) is 16.4 Å². The molecular weight excluding hydrogens is 358 g/mol. The van der Waals surface area contributed by atoms with Crippen LogP contribution in [0.3, 0.4) is 0 Å². The number of nitrogens with zero attached hydrogens (tertiary/aromatic N) is 1. The molecule has 0 aliphatic carbocycles. The van der Waals surface area contributed by atoms with Crippen molar-refractivity contribution in [2.24, 2.45) is 0 Å². The van der Waals surface area contributed by atoms with E-state index < -0.39 is 25.4 Å². The van der Waals surface area contributed by atoms with Gasteiger partial charge in [0.05, 0.1) is 16.4 Å². The fourth-order valence-electron chi connectivity index (χ4n) is 2.89. The van der Waals surface area contributed by atoms with Gasteiger partial charge in [-0.05, 0) is 38.0 Å². The third-order valence-corrected chi connectivity index (χ3v) is 8.39. The highest BCUT2D eigenvalue weighted by atomic mass is 35.5. The first-order valence-corrected chi connectivity index (χ1v) is 10.8. The van der Waals surface area contributed by atoms with Crippen LogP contribution in [0.4, 0.5) is 0 Å². The lowest BCUT2D eigenvalue weighted by Gasteiger charge is -2.36. The Morgan fingerprint density at radius 2 is 2.09 bits per heavy atom. The molecule has 1 heterocycles. The first-order valence-electron chi connectivity index (χ1n) is 7.12. The molecule has 8 heteroatoms. The maximum Gasteiger partial charge on any atom is 0.244 e. The summed E-state index contributed by atoms with van der Waals surface area (Å²) in [6.45, 7) is 7.00. The second kappa shape index (κ2) is 6.20. The van der Waals surface area contributed by atoms with Gasteiger partial charge in [-0.25, -0.2) is 16.8 Å². The van der Waals surface area contributed by atoms with Crippen molar-refractivity contribution in [3.05, 3.63) is 41.4 Å². The molecule has 0 spiro atoms. The van der Waals surface area contributed by atoms with Gasteiger partial charge in [0.25, 0.3) is 0 Å². The maximum absolute atomic E-state index is 13.1. The Labute approximate surface area is 142 Å². The summed E-state index contributed by atoms with van der Waals surface area (Å²) >= 11 is 5.95. The molecule has 0 aromatic heterocycles. The van der Waals surface area contributed by atoms with E-state index in [0.717, 1.165) is 0 Å². The standard InChI is InChI=1S/C15H20ClNO4S2/c1-4-8-17(15(3)7-9-22(18,19)11-15)23(20,21)14-10-13(16)6-5-12(14)2/h4-6,10H,1,7-9,11H2,2-3H3/t15-/m0/s1. The van der Waals surface area contributed by atoms with Crippen LogP contribution in [0.5, 0.6) is 0 Å². The highest BCUT2D eigenvalue weighted by molar-refractivity contribution is 7.92. The molecule has 1 aromatic rings. The van der Waals surface area contributed by atoms with E-state index >= 15 is 0 Å². The molecule has 0 radical (unpaired) electrons. The molecule has 5 nitrogen and oxygen atoms in total. The fourth-order valence-corrected chi connectivity index (χ4v) is 7.37. The SMILES string of the molecule is C=CCN([C@@]1(C)CCS(=O)(=O)C1)S(=O)(=O)c1cc(Cl)ccc1C. The summed E-state index contributed by atoms with van der Waals surface area (Å²) in [5.74, 6) is -0.201. The topological polar surface area (TPSA) is 71.5 Å². The molecule has 1 saturated heterocycles. The summed E-state index contributed by atoms with van der Waals surface area (Å²) in [6, 6.07) is 4.65. The molecule has 0 bridgehead atoms. The van der Waals surface area contributed by atoms with Gasteiger partial charge in [-0.1, -0.05) is 23.7 Å². The average Bonchev–Trinajstić information content (AvgIpc) is 2.73. The highest BCUT2D eigenvalue weighted by Gasteiger charge is 2.47. The van der Waals surface area contributed by atoms with Gasteiger partial charge in [-0.3, -0.25) is 0 Å². The number of sulfonamides is 1. The number of aryl methyl sites for hydroxylation is 1. The van der Waals surface area contributed by atoms with Crippen LogP contribution >= 0.6 is 11.6 Å². The average molecular weight is 378 g/mol. The molecule has 1 aliphatic rings. The molecule has 1 aromatic carbocycles. The predicted octanol–water partition coefficient (Wildman–Crippen LogP) is 2.40. The van der Waals surface area contributed by atoms with Crippen molar-refractivity contribution in [3.63, 3.8) is 0 Å². The van der Waals surface area contributed by atoms with E-state index in [9.17, 15) is 16.8 Å². The molecule has 2 rings (SSSR count). The molecule has 0 N–H and O–H groups in total. The van der Waals surface area contributed by atoms with Crippen LogP contribution in [0.15, 0.2) is 35.7 Å². The first kappa shape index (κ1) is 18.4. The Hall–Kier alpha value is -0.890. The van der Waals surface area contributed by atoms with Gasteiger partial charge in [0.2, 0.25) is 10.0 Å². The van der Waals surface area contributed by atoms with E-state index in [2.05, 4.69) is 6.58 Å². The molecular formula is C15H20ClNO4S2. The smallest absolute Gasteiger partial charge is 0.229 e. The Balaban J connectivity index is 2.57. The van der Waals surface area contributed by atoms with Gasteiger partial charge >= 0.3 is 0 Å². The van der Waals surface area contributed by atoms with E-state index in [0.29, 0.717) is 10.6 Å². The molecule has 1 aliphatic heterocycles. The van der Waals surface area contributed by atoms with Crippen LogP contribution in [0.2, 0.25) is 5.02 Å². The largest absolute Gasteiger partial charge is 0.244 e. The minimum atomic E-state index is -3.90. The van der Waals surface area contributed by atoms with Gasteiger partial charge in [0.1, 0.15) is 0 Å². The van der Waals surface area contributed by atoms with Gasteiger partial charge in [0.15, 0.2) is 9.84 Å². The summed E-state index contributed by atoms with van der Waals surface area (Å²) in [5.41, 5.74) is -0.423. The van der Waals surface area contributed by atoms with Crippen molar-refractivity contribution in [2.75, 3.05) is 18.1 Å². The summed E-state index contributed by atoms with van der Waals surface area (Å²) in [5, 5.41) is 0.317. The minimum Gasteiger partial charge on any atom is -0.229 e. The van der Waals surface area contributed by atoms with Crippen LogP contribution in [-0.2, 0) is 19.9 Å². The van der Waals surface area contributed by atoms with E-state index in [1.54, 1.807) is 26.0 Å². The number of halogens is 1. The molecule has 1 atom stereocenters.